The number of hydrogen-bond acceptors (Lipinski definition) is 4. The Bertz CT molecular complexity index is 728. The van der Waals surface area contributed by atoms with Gasteiger partial charge in [-0.15, -0.1) is 0 Å². The first kappa shape index (κ1) is 51.1. The molecule has 0 aromatic carbocycles. The van der Waals surface area contributed by atoms with Crippen LogP contribution in [0.2, 0.25) is 0 Å². The van der Waals surface area contributed by atoms with Crippen LogP contribution in [0.1, 0.15) is 258 Å². The normalized spacial score (nSPS) is 13.6. The van der Waals surface area contributed by atoms with Crippen molar-refractivity contribution in [1.29, 1.82) is 0 Å². The topological polar surface area (TPSA) is 89.8 Å². The van der Waals surface area contributed by atoms with Crippen LogP contribution in [0.3, 0.4) is 0 Å². The lowest BCUT2D eigenvalue weighted by Gasteiger charge is -2.26. The van der Waals surface area contributed by atoms with Gasteiger partial charge in [0.1, 0.15) is 6.10 Å². The van der Waals surface area contributed by atoms with E-state index in [1.807, 2.05) is 0 Å². The van der Waals surface area contributed by atoms with Gasteiger partial charge in [-0.3, -0.25) is 4.79 Å². The molecule has 0 aliphatic rings. The Hall–Kier alpha value is -0.910. The molecule has 52 heavy (non-hydrogen) atoms. The van der Waals surface area contributed by atoms with Crippen LogP contribution in [-0.2, 0) is 4.79 Å². The van der Waals surface area contributed by atoms with E-state index in [1.165, 1.54) is 193 Å². The number of unbranched alkanes of at least 4 members (excludes halogenated alkanes) is 33. The number of nitrogens with one attached hydrogen (secondary N) is 1. The highest BCUT2D eigenvalue weighted by atomic mass is 16.3. The summed E-state index contributed by atoms with van der Waals surface area (Å²) in [6, 6.07) is -0.806. The van der Waals surface area contributed by atoms with Crippen LogP contribution in [0.25, 0.3) is 0 Å². The molecule has 0 saturated heterocycles. The van der Waals surface area contributed by atoms with Crippen LogP contribution in [-0.4, -0.2) is 46.1 Å². The third-order valence-corrected chi connectivity index (χ3v) is 11.1. The lowest BCUT2D eigenvalue weighted by molar-refractivity contribution is -0.124. The lowest BCUT2D eigenvalue weighted by Crippen LogP contribution is -2.50. The van der Waals surface area contributed by atoms with Crippen molar-refractivity contribution in [3.8, 4) is 0 Å². The first-order valence-corrected chi connectivity index (χ1v) is 23.5. The molecular formula is C47H93NO4. The van der Waals surface area contributed by atoms with Gasteiger partial charge in [0.2, 0.25) is 5.91 Å². The van der Waals surface area contributed by atoms with Gasteiger partial charge in [-0.25, -0.2) is 0 Å². The van der Waals surface area contributed by atoms with Crippen molar-refractivity contribution < 1.29 is 20.1 Å². The van der Waals surface area contributed by atoms with E-state index in [9.17, 15) is 20.1 Å². The minimum absolute atomic E-state index is 0.144. The summed E-state index contributed by atoms with van der Waals surface area (Å²) in [5.41, 5.74) is 0. The van der Waals surface area contributed by atoms with E-state index in [2.05, 4.69) is 31.3 Å². The summed E-state index contributed by atoms with van der Waals surface area (Å²) in [6.07, 6.45) is 50.5. The van der Waals surface area contributed by atoms with Crippen LogP contribution in [0.15, 0.2) is 12.2 Å². The van der Waals surface area contributed by atoms with Crippen molar-refractivity contribution >= 4 is 5.91 Å². The second-order valence-electron chi connectivity index (χ2n) is 16.3. The minimum Gasteiger partial charge on any atom is -0.394 e. The van der Waals surface area contributed by atoms with Crippen LogP contribution in [0, 0.1) is 0 Å². The van der Waals surface area contributed by atoms with Gasteiger partial charge in [0.25, 0.3) is 0 Å². The maximum absolute atomic E-state index is 12.4. The summed E-state index contributed by atoms with van der Waals surface area (Å²) in [5.74, 6) is -0.144. The second kappa shape index (κ2) is 42.8. The molecule has 3 atom stereocenters. The van der Waals surface area contributed by atoms with Gasteiger partial charge in [0, 0.05) is 6.42 Å². The van der Waals surface area contributed by atoms with Gasteiger partial charge in [0.05, 0.1) is 18.8 Å². The molecule has 4 N–H and O–H groups in total. The standard InChI is InChI=1S/C47H93NO4/c1-3-5-7-9-11-13-15-17-18-19-20-21-22-23-24-25-26-27-28-29-30-32-34-36-38-40-42-46(51)48-44(43-49)47(52)45(50)41-39-37-35-33-31-16-14-12-10-8-6-4-2/h23-24,44-45,47,49-50,52H,3-22,25-43H2,1-2H3,(H,48,51)/b24-23-. The number of rotatable bonds is 43. The molecule has 0 aliphatic heterocycles. The SMILES string of the molecule is CCCCCCCCCCCCCC/C=C\CCCCCCCCCCCCC(=O)NC(CO)C(O)C(O)CCCCCCCCCCCCCC. The van der Waals surface area contributed by atoms with E-state index < -0.39 is 18.2 Å². The van der Waals surface area contributed by atoms with Crippen molar-refractivity contribution in [2.75, 3.05) is 6.61 Å². The molecule has 0 heterocycles. The molecule has 0 aromatic rings. The van der Waals surface area contributed by atoms with Crippen molar-refractivity contribution in [3.63, 3.8) is 0 Å². The summed E-state index contributed by atoms with van der Waals surface area (Å²) in [4.78, 5) is 12.4. The molecule has 0 aliphatic carbocycles. The Morgan fingerprint density at radius 2 is 0.769 bits per heavy atom. The number of hydrogen-bond donors (Lipinski definition) is 4. The van der Waals surface area contributed by atoms with E-state index >= 15 is 0 Å². The molecule has 310 valence electrons. The number of amides is 1. The van der Waals surface area contributed by atoms with Crippen molar-refractivity contribution in [3.05, 3.63) is 12.2 Å². The largest absolute Gasteiger partial charge is 0.394 e. The summed E-state index contributed by atoms with van der Waals surface area (Å²) in [7, 11) is 0. The number of aliphatic hydroxyl groups is 3. The first-order valence-electron chi connectivity index (χ1n) is 23.5. The Balaban J connectivity index is 3.54. The Labute approximate surface area is 325 Å². The number of carbonyl (C=O) groups excluding carboxylic acids is 1. The Morgan fingerprint density at radius 1 is 0.462 bits per heavy atom. The second-order valence-corrected chi connectivity index (χ2v) is 16.3. The zero-order chi connectivity index (χ0) is 38.0. The molecule has 5 heteroatoms. The van der Waals surface area contributed by atoms with E-state index in [1.54, 1.807) is 0 Å². The fourth-order valence-corrected chi connectivity index (χ4v) is 7.45. The molecule has 0 radical (unpaired) electrons. The molecule has 1 amide bonds. The molecule has 0 aromatic heterocycles. The average molecular weight is 736 g/mol. The number of carbonyl (C=O) groups is 1. The highest BCUT2D eigenvalue weighted by Gasteiger charge is 2.26. The van der Waals surface area contributed by atoms with Gasteiger partial charge in [-0.05, 0) is 38.5 Å². The highest BCUT2D eigenvalue weighted by Crippen LogP contribution is 2.17. The predicted molar refractivity (Wildman–Crippen MR) is 227 cm³/mol. The van der Waals surface area contributed by atoms with E-state index in [0.717, 1.165) is 38.5 Å². The first-order chi connectivity index (χ1) is 25.6. The third kappa shape index (κ3) is 37.4. The van der Waals surface area contributed by atoms with Crippen LogP contribution in [0.4, 0.5) is 0 Å². The van der Waals surface area contributed by atoms with Crippen LogP contribution < -0.4 is 5.32 Å². The van der Waals surface area contributed by atoms with Gasteiger partial charge in [-0.1, -0.05) is 225 Å². The van der Waals surface area contributed by atoms with E-state index in [4.69, 9.17) is 0 Å². The smallest absolute Gasteiger partial charge is 0.220 e. The van der Waals surface area contributed by atoms with E-state index in [0.29, 0.717) is 12.8 Å². The van der Waals surface area contributed by atoms with Gasteiger partial charge in [0.15, 0.2) is 0 Å². The van der Waals surface area contributed by atoms with Crippen molar-refractivity contribution in [1.82, 2.24) is 5.32 Å². The maximum Gasteiger partial charge on any atom is 0.220 e. The zero-order valence-corrected chi connectivity index (χ0v) is 35.2. The molecule has 0 spiro atoms. The number of aliphatic hydroxyl groups excluding tert-OH is 3. The highest BCUT2D eigenvalue weighted by molar-refractivity contribution is 5.76. The fourth-order valence-electron chi connectivity index (χ4n) is 7.45. The summed E-state index contributed by atoms with van der Waals surface area (Å²) in [5, 5.41) is 33.5. The minimum atomic E-state index is -1.13. The lowest BCUT2D eigenvalue weighted by atomic mass is 9.99. The number of allylic oxidation sites excluding steroid dienone is 2. The monoisotopic (exact) mass is 736 g/mol. The zero-order valence-electron chi connectivity index (χ0n) is 35.2. The summed E-state index contributed by atoms with van der Waals surface area (Å²) < 4.78 is 0. The van der Waals surface area contributed by atoms with Crippen LogP contribution in [0.5, 0.6) is 0 Å². The van der Waals surface area contributed by atoms with Crippen molar-refractivity contribution in [2.45, 2.75) is 276 Å². The molecular weight excluding hydrogens is 643 g/mol. The average Bonchev–Trinajstić information content (AvgIpc) is 3.15. The molecule has 0 bridgehead atoms. The van der Waals surface area contributed by atoms with Gasteiger partial charge >= 0.3 is 0 Å². The quantitative estimate of drug-likeness (QED) is 0.0371. The fraction of sp³-hybridized carbons (Fsp3) is 0.936. The van der Waals surface area contributed by atoms with Crippen molar-refractivity contribution in [2.24, 2.45) is 0 Å². The molecule has 0 rings (SSSR count). The molecule has 0 saturated carbocycles. The third-order valence-electron chi connectivity index (χ3n) is 11.1. The molecule has 5 nitrogen and oxygen atoms in total. The molecule has 3 unspecified atom stereocenters. The molecule has 0 fully saturated rings. The van der Waals surface area contributed by atoms with E-state index in [-0.39, 0.29) is 12.5 Å². The predicted octanol–water partition coefficient (Wildman–Crippen LogP) is 13.6. The maximum atomic E-state index is 12.4. The van der Waals surface area contributed by atoms with Gasteiger partial charge < -0.3 is 20.6 Å². The Kier molecular flexibility index (Phi) is 42.1. The summed E-state index contributed by atoms with van der Waals surface area (Å²) in [6.45, 7) is 4.19. The van der Waals surface area contributed by atoms with Crippen LogP contribution >= 0.6 is 0 Å². The Morgan fingerprint density at radius 3 is 1.12 bits per heavy atom. The summed E-state index contributed by atoms with van der Waals surface area (Å²) >= 11 is 0. The van der Waals surface area contributed by atoms with Gasteiger partial charge in [-0.2, -0.15) is 0 Å².